The van der Waals surface area contributed by atoms with Crippen LogP contribution in [-0.2, 0) is 18.3 Å². The lowest BCUT2D eigenvalue weighted by Gasteiger charge is -2.19. The molecule has 0 saturated carbocycles. The molecule has 14 heteroatoms. The number of nitrogens with zero attached hydrogens (tertiary/aromatic N) is 6. The molecule has 318 valence electrons. The van der Waals surface area contributed by atoms with Crippen LogP contribution in [0.3, 0.4) is 0 Å². The zero-order chi connectivity index (χ0) is 42.7. The summed E-state index contributed by atoms with van der Waals surface area (Å²) in [5.41, 5.74) is 10.0. The van der Waals surface area contributed by atoms with Crippen molar-refractivity contribution in [1.29, 1.82) is 0 Å². The SMILES string of the molecule is CCCCCCc1ccc(-c2ccc(-c3cnc(-c4cc5c(s4)-c4sc(-c6ncc(-c7ccc(-c8ccc(CCCCCC)s8)s7)c7nsnc67)cc4C5(C)C)c4nsnc34)s2)s1. The van der Waals surface area contributed by atoms with Gasteiger partial charge in [-0.1, -0.05) is 66.2 Å². The van der Waals surface area contributed by atoms with Crippen molar-refractivity contribution in [3.8, 4) is 71.3 Å². The van der Waals surface area contributed by atoms with Gasteiger partial charge in [-0.05, 0) is 97.5 Å². The smallest absolute Gasteiger partial charge is 0.132 e. The first-order valence-corrected chi connectivity index (χ1v) is 28.1. The Labute approximate surface area is 400 Å². The van der Waals surface area contributed by atoms with Crippen molar-refractivity contribution in [1.82, 2.24) is 27.5 Å². The average molecular weight is 973 g/mol. The molecule has 10 aromatic heterocycles. The van der Waals surface area contributed by atoms with Crippen LogP contribution in [0.5, 0.6) is 0 Å². The fraction of sp³-hybridized carbons (Fsp3) is 0.306. The molecule has 0 fully saturated rings. The summed E-state index contributed by atoms with van der Waals surface area (Å²) in [4.78, 5) is 25.7. The Balaban J connectivity index is 0.857. The molecule has 0 N–H and O–H groups in total. The molecule has 0 bridgehead atoms. The third-order valence-electron chi connectivity index (χ3n) is 12.2. The first kappa shape index (κ1) is 41.8. The van der Waals surface area contributed by atoms with Gasteiger partial charge in [-0.2, -0.15) is 17.5 Å². The average Bonchev–Trinajstić information content (AvgIpc) is 4.14. The number of rotatable bonds is 16. The van der Waals surface area contributed by atoms with Crippen molar-refractivity contribution in [2.75, 3.05) is 0 Å². The van der Waals surface area contributed by atoms with Crippen molar-refractivity contribution in [3.05, 3.63) is 93.9 Å². The quantitative estimate of drug-likeness (QED) is 0.0898. The Kier molecular flexibility index (Phi) is 11.6. The van der Waals surface area contributed by atoms with E-state index in [0.29, 0.717) is 0 Å². The Hall–Kier alpha value is -3.86. The summed E-state index contributed by atoms with van der Waals surface area (Å²) in [6.07, 6.45) is 16.7. The number of pyridine rings is 2. The van der Waals surface area contributed by atoms with Crippen LogP contribution < -0.4 is 0 Å². The molecule has 11 rings (SSSR count). The number of aryl methyl sites for hydroxylation is 2. The highest BCUT2D eigenvalue weighted by Gasteiger charge is 2.40. The lowest BCUT2D eigenvalue weighted by atomic mass is 9.83. The van der Waals surface area contributed by atoms with Gasteiger partial charge in [0.05, 0.1) is 33.2 Å². The summed E-state index contributed by atoms with van der Waals surface area (Å²) in [6.45, 7) is 9.22. The summed E-state index contributed by atoms with van der Waals surface area (Å²) in [7, 11) is 0. The third kappa shape index (κ3) is 7.71. The maximum absolute atomic E-state index is 5.13. The minimum absolute atomic E-state index is 0.179. The molecule has 1 aliphatic rings. The molecule has 6 nitrogen and oxygen atoms in total. The number of aromatic nitrogens is 6. The number of unbranched alkanes of at least 4 members (excludes halogenated alkanes) is 6. The fourth-order valence-electron chi connectivity index (χ4n) is 8.66. The van der Waals surface area contributed by atoms with Crippen LogP contribution in [0.15, 0.2) is 73.1 Å². The zero-order valence-corrected chi connectivity index (χ0v) is 42.0. The van der Waals surface area contributed by atoms with Crippen LogP contribution in [0.25, 0.3) is 93.4 Å². The molecule has 0 aromatic carbocycles. The van der Waals surface area contributed by atoms with E-state index in [-0.39, 0.29) is 5.41 Å². The van der Waals surface area contributed by atoms with E-state index >= 15 is 0 Å². The predicted molar refractivity (Wildman–Crippen MR) is 277 cm³/mol. The highest BCUT2D eigenvalue weighted by molar-refractivity contribution is 7.26. The molecular formula is C49H44N6S8. The van der Waals surface area contributed by atoms with Crippen LogP contribution in [0.4, 0.5) is 0 Å². The highest BCUT2D eigenvalue weighted by atomic mass is 32.1. The molecular weight excluding hydrogens is 929 g/mol. The van der Waals surface area contributed by atoms with Crippen molar-refractivity contribution < 1.29 is 0 Å². The van der Waals surface area contributed by atoms with E-state index in [9.17, 15) is 0 Å². The molecule has 0 amide bonds. The van der Waals surface area contributed by atoms with Gasteiger partial charge in [0.1, 0.15) is 33.5 Å². The summed E-state index contributed by atoms with van der Waals surface area (Å²) < 4.78 is 19.4. The minimum atomic E-state index is -0.179. The lowest BCUT2D eigenvalue weighted by molar-refractivity contribution is 0.663. The van der Waals surface area contributed by atoms with Gasteiger partial charge < -0.3 is 0 Å². The number of thiophene rings is 6. The second kappa shape index (κ2) is 17.5. The van der Waals surface area contributed by atoms with E-state index < -0.39 is 0 Å². The second-order valence-corrected chi connectivity index (χ2v) is 24.4. The molecule has 0 atom stereocenters. The van der Waals surface area contributed by atoms with E-state index in [1.807, 2.05) is 80.4 Å². The van der Waals surface area contributed by atoms with E-state index in [0.717, 1.165) is 54.3 Å². The molecule has 10 heterocycles. The van der Waals surface area contributed by atoms with Gasteiger partial charge in [-0.3, -0.25) is 9.97 Å². The Morgan fingerprint density at radius 2 is 0.841 bits per heavy atom. The standard InChI is InChI=1S/C49H44N6S8/c1-5-7-9-11-13-27-15-17-35(56-27)37-21-19-33(58-37)29-25-50-43(45-41(29)52-62-54-45)39-23-31-47(60-39)48-32(49(31,3)4)24-40(61-48)44-46-42(53-63-55-46)30(26-51-44)34-20-22-38(59-34)36-18-16-28(57-36)14-12-10-8-6-2/h15-26H,5-14H2,1-4H3. The van der Waals surface area contributed by atoms with Gasteiger partial charge >= 0.3 is 0 Å². The maximum Gasteiger partial charge on any atom is 0.132 e. The molecule has 0 spiro atoms. The molecule has 0 radical (unpaired) electrons. The second-order valence-electron chi connectivity index (χ2n) is 16.8. The summed E-state index contributed by atoms with van der Waals surface area (Å²) in [6, 6.07) is 22.8. The summed E-state index contributed by atoms with van der Waals surface area (Å²) in [5, 5.41) is 0. The number of hydrogen-bond acceptors (Lipinski definition) is 14. The predicted octanol–water partition coefficient (Wildman–Crippen LogP) is 17.4. The first-order valence-electron chi connectivity index (χ1n) is 21.8. The van der Waals surface area contributed by atoms with Crippen LogP contribution in [0.1, 0.15) is 99.9 Å². The first-order chi connectivity index (χ1) is 30.9. The van der Waals surface area contributed by atoms with Gasteiger partial charge in [0.15, 0.2) is 0 Å². The van der Waals surface area contributed by atoms with E-state index in [4.69, 9.17) is 27.5 Å². The van der Waals surface area contributed by atoms with Crippen molar-refractivity contribution in [3.63, 3.8) is 0 Å². The normalized spacial score (nSPS) is 13.2. The number of hydrogen-bond donors (Lipinski definition) is 0. The highest BCUT2D eigenvalue weighted by Crippen LogP contribution is 2.58. The summed E-state index contributed by atoms with van der Waals surface area (Å²) in [5.74, 6) is 0. The largest absolute Gasteiger partial charge is 0.252 e. The van der Waals surface area contributed by atoms with Gasteiger partial charge in [0.2, 0.25) is 0 Å². The van der Waals surface area contributed by atoms with E-state index in [2.05, 4.69) is 88.4 Å². The zero-order valence-electron chi connectivity index (χ0n) is 35.4. The molecule has 0 unspecified atom stereocenters. The number of fused-ring (bicyclic) bond motifs is 5. The third-order valence-corrected chi connectivity index (χ3v) is 20.6. The monoisotopic (exact) mass is 972 g/mol. The van der Waals surface area contributed by atoms with Crippen LogP contribution in [0, 0.1) is 0 Å². The van der Waals surface area contributed by atoms with Gasteiger partial charge in [0, 0.05) is 77.7 Å². The Morgan fingerprint density at radius 1 is 0.429 bits per heavy atom. The molecule has 10 aromatic rings. The van der Waals surface area contributed by atoms with Gasteiger partial charge in [0.25, 0.3) is 0 Å². The summed E-state index contributed by atoms with van der Waals surface area (Å²) >= 11 is 13.7. The fourth-order valence-corrected chi connectivity index (χ4v) is 16.9. The van der Waals surface area contributed by atoms with E-state index in [1.54, 1.807) is 0 Å². The molecule has 63 heavy (non-hydrogen) atoms. The lowest BCUT2D eigenvalue weighted by Crippen LogP contribution is -2.13. The van der Waals surface area contributed by atoms with Crippen LogP contribution >= 0.6 is 91.5 Å². The molecule has 0 saturated heterocycles. The van der Waals surface area contributed by atoms with Crippen LogP contribution in [-0.4, -0.2) is 27.5 Å². The molecule has 0 aliphatic heterocycles. The van der Waals surface area contributed by atoms with Crippen molar-refractivity contribution in [2.45, 2.75) is 97.3 Å². The van der Waals surface area contributed by atoms with Crippen LogP contribution in [0.2, 0.25) is 0 Å². The Bertz CT molecular complexity index is 3020. The maximum atomic E-state index is 5.13. The van der Waals surface area contributed by atoms with Crippen molar-refractivity contribution >= 4 is 114 Å². The van der Waals surface area contributed by atoms with Gasteiger partial charge in [-0.15, -0.1) is 68.0 Å². The minimum Gasteiger partial charge on any atom is -0.252 e. The van der Waals surface area contributed by atoms with Gasteiger partial charge in [-0.25, -0.2) is 0 Å². The van der Waals surface area contributed by atoms with Crippen molar-refractivity contribution in [2.24, 2.45) is 0 Å². The Morgan fingerprint density at radius 3 is 1.30 bits per heavy atom. The topological polar surface area (TPSA) is 77.3 Å². The van der Waals surface area contributed by atoms with E-state index in [1.165, 1.54) is 148 Å². The molecule has 1 aliphatic carbocycles.